The largest absolute Gasteiger partial charge is 0.309 e. The van der Waals surface area contributed by atoms with E-state index >= 15 is 0 Å². The van der Waals surface area contributed by atoms with Crippen molar-refractivity contribution in [2.24, 2.45) is 0 Å². The van der Waals surface area contributed by atoms with Crippen LogP contribution in [0, 0.1) is 11.3 Å². The molecule has 0 aliphatic rings. The van der Waals surface area contributed by atoms with Crippen molar-refractivity contribution in [3.05, 3.63) is 169 Å². The maximum Gasteiger partial charge on any atom is 0.0998 e. The molecule has 3 heteroatoms. The summed E-state index contributed by atoms with van der Waals surface area (Å²) in [5.74, 6) is 0. The first-order valence-corrected chi connectivity index (χ1v) is 16.3. The summed E-state index contributed by atoms with van der Waals surface area (Å²) in [6.07, 6.45) is 0. The van der Waals surface area contributed by atoms with E-state index in [0.717, 1.165) is 38.4 Å². The van der Waals surface area contributed by atoms with E-state index in [0.29, 0.717) is 5.56 Å². The van der Waals surface area contributed by atoms with Gasteiger partial charge in [0.1, 0.15) is 0 Å². The van der Waals surface area contributed by atoms with Crippen molar-refractivity contribution in [1.82, 2.24) is 9.13 Å². The van der Waals surface area contributed by atoms with Gasteiger partial charge in [-0.15, -0.1) is 0 Å². The minimum absolute atomic E-state index is 0.702. The van der Waals surface area contributed by atoms with Crippen molar-refractivity contribution < 1.29 is 0 Å². The van der Waals surface area contributed by atoms with E-state index in [1.165, 1.54) is 49.2 Å². The van der Waals surface area contributed by atoms with Crippen molar-refractivity contribution in [2.75, 3.05) is 0 Å². The van der Waals surface area contributed by atoms with Crippen LogP contribution in [0.2, 0.25) is 0 Å². The van der Waals surface area contributed by atoms with Crippen LogP contribution in [0.1, 0.15) is 5.56 Å². The monoisotopic (exact) mass is 609 g/mol. The second-order valence-electron chi connectivity index (χ2n) is 12.4. The average molecular weight is 610 g/mol. The molecule has 8 aromatic carbocycles. The Balaban J connectivity index is 1.33. The quantitative estimate of drug-likeness (QED) is 0.183. The zero-order valence-corrected chi connectivity index (χ0v) is 25.9. The van der Waals surface area contributed by atoms with Gasteiger partial charge in [0.2, 0.25) is 0 Å². The molecule has 0 saturated carbocycles. The Morgan fingerprint density at radius 1 is 0.396 bits per heavy atom. The molecule has 2 heterocycles. The molecule has 0 fully saturated rings. The summed E-state index contributed by atoms with van der Waals surface area (Å²) in [5.41, 5.74) is 10.1. The Bertz CT molecular complexity index is 2950. The summed E-state index contributed by atoms with van der Waals surface area (Å²) in [6, 6.07) is 60.8. The second kappa shape index (κ2) is 10.2. The number of benzene rings is 8. The van der Waals surface area contributed by atoms with Gasteiger partial charge in [-0.2, -0.15) is 5.26 Å². The molecular formula is C45H27N3. The number of nitriles is 1. The predicted octanol–water partition coefficient (Wildman–Crippen LogP) is 11.7. The molecule has 10 aromatic rings. The minimum Gasteiger partial charge on any atom is -0.309 e. The van der Waals surface area contributed by atoms with Crippen molar-refractivity contribution in [3.8, 4) is 28.6 Å². The molecule has 3 nitrogen and oxygen atoms in total. The predicted molar refractivity (Wildman–Crippen MR) is 200 cm³/mol. The van der Waals surface area contributed by atoms with Crippen LogP contribution in [0.4, 0.5) is 0 Å². The fraction of sp³-hybridized carbons (Fsp3) is 0. The summed E-state index contributed by atoms with van der Waals surface area (Å²) in [4.78, 5) is 0. The molecule has 0 radical (unpaired) electrons. The van der Waals surface area contributed by atoms with Gasteiger partial charge in [-0.25, -0.2) is 0 Å². The van der Waals surface area contributed by atoms with Crippen molar-refractivity contribution in [1.29, 1.82) is 5.26 Å². The lowest BCUT2D eigenvalue weighted by Crippen LogP contribution is -1.96. The molecule has 0 atom stereocenters. The highest BCUT2D eigenvalue weighted by Crippen LogP contribution is 2.44. The number of rotatable bonds is 3. The summed E-state index contributed by atoms with van der Waals surface area (Å²) in [5, 5.41) is 19.1. The van der Waals surface area contributed by atoms with E-state index < -0.39 is 0 Å². The molecule has 0 saturated heterocycles. The van der Waals surface area contributed by atoms with Crippen LogP contribution < -0.4 is 0 Å². The summed E-state index contributed by atoms with van der Waals surface area (Å²) >= 11 is 0. The van der Waals surface area contributed by atoms with Crippen LogP contribution in [0.5, 0.6) is 0 Å². The van der Waals surface area contributed by atoms with Gasteiger partial charge in [-0.05, 0) is 70.3 Å². The van der Waals surface area contributed by atoms with Gasteiger partial charge in [0.05, 0.1) is 33.7 Å². The molecule has 10 rings (SSSR count). The summed E-state index contributed by atoms with van der Waals surface area (Å²) < 4.78 is 4.81. The van der Waals surface area contributed by atoms with E-state index in [4.69, 9.17) is 0 Å². The molecule has 2 aromatic heterocycles. The first-order valence-electron chi connectivity index (χ1n) is 16.3. The fourth-order valence-corrected chi connectivity index (χ4v) is 7.92. The van der Waals surface area contributed by atoms with E-state index in [1.807, 2.05) is 18.2 Å². The van der Waals surface area contributed by atoms with Crippen LogP contribution in [-0.4, -0.2) is 9.13 Å². The summed E-state index contributed by atoms with van der Waals surface area (Å²) in [7, 11) is 0. The molecule has 0 N–H and O–H groups in total. The molecular weight excluding hydrogens is 583 g/mol. The van der Waals surface area contributed by atoms with Gasteiger partial charge >= 0.3 is 0 Å². The lowest BCUT2D eigenvalue weighted by Gasteiger charge is -2.15. The van der Waals surface area contributed by atoms with E-state index in [1.54, 1.807) is 0 Å². The average Bonchev–Trinajstić information content (AvgIpc) is 3.68. The zero-order valence-electron chi connectivity index (χ0n) is 25.9. The standard InChI is InChI=1S/C45H27N3/c46-28-30-26-29-24-25-32(27-40(29)34-15-5-4-14-33(30)34)48-41-21-8-6-16-35(41)37-19-10-20-38(45(37)48)36-18-11-23-43-44(36)39-17-7-9-22-42(39)47(43)31-12-2-1-3-13-31/h1-27H. The zero-order chi connectivity index (χ0) is 31.8. The van der Waals surface area contributed by atoms with E-state index in [2.05, 4.69) is 161 Å². The molecule has 0 amide bonds. The van der Waals surface area contributed by atoms with Gasteiger partial charge in [-0.1, -0.05) is 115 Å². The number of nitrogens with zero attached hydrogens (tertiary/aromatic N) is 3. The first-order chi connectivity index (χ1) is 23.8. The number of para-hydroxylation sites is 4. The van der Waals surface area contributed by atoms with Gasteiger partial charge < -0.3 is 9.13 Å². The highest BCUT2D eigenvalue weighted by atomic mass is 15.0. The molecule has 48 heavy (non-hydrogen) atoms. The minimum atomic E-state index is 0.702. The number of aromatic nitrogens is 2. The number of hydrogen-bond acceptors (Lipinski definition) is 1. The third-order valence-corrected chi connectivity index (χ3v) is 9.92. The highest BCUT2D eigenvalue weighted by molar-refractivity contribution is 6.21. The number of fused-ring (bicyclic) bond motifs is 9. The summed E-state index contributed by atoms with van der Waals surface area (Å²) in [6.45, 7) is 0. The van der Waals surface area contributed by atoms with Crippen LogP contribution in [0.15, 0.2) is 164 Å². The van der Waals surface area contributed by atoms with Crippen LogP contribution in [0.25, 0.3) is 87.7 Å². The lowest BCUT2D eigenvalue weighted by atomic mass is 9.96. The topological polar surface area (TPSA) is 33.6 Å². The van der Waals surface area contributed by atoms with Crippen molar-refractivity contribution >= 4 is 65.2 Å². The van der Waals surface area contributed by atoms with E-state index in [9.17, 15) is 5.26 Å². The molecule has 0 bridgehead atoms. The maximum atomic E-state index is 9.93. The Morgan fingerprint density at radius 3 is 1.83 bits per heavy atom. The maximum absolute atomic E-state index is 9.93. The van der Waals surface area contributed by atoms with Crippen LogP contribution in [-0.2, 0) is 0 Å². The lowest BCUT2D eigenvalue weighted by molar-refractivity contribution is 1.18. The SMILES string of the molecule is N#Cc1cc2ccc(-n3c4ccccc4c4cccc(-c5cccc6c5c5ccccc5n6-c5ccccc5)c43)cc2c2ccccc12. The molecule has 0 aliphatic carbocycles. The number of hydrogen-bond donors (Lipinski definition) is 0. The van der Waals surface area contributed by atoms with Gasteiger partial charge in [0.25, 0.3) is 0 Å². The van der Waals surface area contributed by atoms with Crippen LogP contribution in [0.3, 0.4) is 0 Å². The Kier molecular flexibility index (Phi) is 5.64. The molecule has 0 unspecified atom stereocenters. The van der Waals surface area contributed by atoms with Gasteiger partial charge in [-0.3, -0.25) is 0 Å². The third-order valence-electron chi connectivity index (χ3n) is 9.92. The third kappa shape index (κ3) is 3.69. The second-order valence-corrected chi connectivity index (χ2v) is 12.4. The molecule has 0 spiro atoms. The molecule has 0 aliphatic heterocycles. The van der Waals surface area contributed by atoms with Crippen LogP contribution >= 0.6 is 0 Å². The highest BCUT2D eigenvalue weighted by Gasteiger charge is 2.21. The van der Waals surface area contributed by atoms with E-state index in [-0.39, 0.29) is 0 Å². The van der Waals surface area contributed by atoms with Crippen molar-refractivity contribution in [2.45, 2.75) is 0 Å². The Labute approximate surface area is 276 Å². The molecule has 222 valence electrons. The Morgan fingerprint density at radius 2 is 1.02 bits per heavy atom. The van der Waals surface area contributed by atoms with Gasteiger partial charge in [0, 0.05) is 43.9 Å². The normalized spacial score (nSPS) is 11.7. The smallest absolute Gasteiger partial charge is 0.0998 e. The fourth-order valence-electron chi connectivity index (χ4n) is 7.92. The van der Waals surface area contributed by atoms with Gasteiger partial charge in [0.15, 0.2) is 0 Å². The first kappa shape index (κ1) is 26.6. The Hall–Kier alpha value is -6.63. The van der Waals surface area contributed by atoms with Crippen molar-refractivity contribution in [3.63, 3.8) is 0 Å².